The number of aryl methyl sites for hydroxylation is 1. The van der Waals surface area contributed by atoms with Crippen molar-refractivity contribution in [1.82, 2.24) is 19.6 Å². The molecule has 142 valence electrons. The topological polar surface area (TPSA) is 64.3 Å². The zero-order chi connectivity index (χ0) is 19.3. The SMILES string of the molecule is CCc1cnn2c(NCc3cncc(OCc4ccccc4)c3)cc(Cl)nc12. The fourth-order valence-corrected chi connectivity index (χ4v) is 3.11. The van der Waals surface area contributed by atoms with Gasteiger partial charge in [-0.3, -0.25) is 4.98 Å². The Morgan fingerprint density at radius 3 is 2.75 bits per heavy atom. The molecule has 0 aliphatic carbocycles. The van der Waals surface area contributed by atoms with Gasteiger partial charge in [0.1, 0.15) is 23.3 Å². The standard InChI is InChI=1S/C21H20ClN5O/c1-2-17-12-25-27-20(9-19(22)26-21(17)27)24-11-16-8-18(13-23-10-16)28-14-15-6-4-3-5-7-15/h3-10,12-13,24H,2,11,14H2,1H3. The maximum absolute atomic E-state index is 6.19. The molecule has 1 aromatic carbocycles. The summed E-state index contributed by atoms with van der Waals surface area (Å²) in [6, 6.07) is 13.8. The van der Waals surface area contributed by atoms with E-state index in [-0.39, 0.29) is 0 Å². The van der Waals surface area contributed by atoms with Gasteiger partial charge in [-0.2, -0.15) is 9.61 Å². The molecule has 0 fully saturated rings. The third kappa shape index (κ3) is 4.07. The lowest BCUT2D eigenvalue weighted by Gasteiger charge is -2.11. The molecule has 0 bridgehead atoms. The van der Waals surface area contributed by atoms with Crippen LogP contribution in [0.1, 0.15) is 23.6 Å². The van der Waals surface area contributed by atoms with Crippen molar-refractivity contribution >= 4 is 23.1 Å². The van der Waals surface area contributed by atoms with Crippen molar-refractivity contribution in [3.05, 3.63) is 82.9 Å². The largest absolute Gasteiger partial charge is 0.487 e. The van der Waals surface area contributed by atoms with Gasteiger partial charge in [0.05, 0.1) is 12.4 Å². The number of nitrogens with one attached hydrogen (secondary N) is 1. The molecule has 0 saturated carbocycles. The molecule has 1 N–H and O–H groups in total. The summed E-state index contributed by atoms with van der Waals surface area (Å²) in [5.74, 6) is 1.51. The highest BCUT2D eigenvalue weighted by Gasteiger charge is 2.10. The smallest absolute Gasteiger partial charge is 0.162 e. The van der Waals surface area contributed by atoms with Gasteiger partial charge in [-0.1, -0.05) is 48.9 Å². The highest BCUT2D eigenvalue weighted by molar-refractivity contribution is 6.29. The lowest BCUT2D eigenvalue weighted by atomic mass is 10.2. The van der Waals surface area contributed by atoms with Crippen molar-refractivity contribution in [2.24, 2.45) is 0 Å². The van der Waals surface area contributed by atoms with Crippen molar-refractivity contribution in [3.8, 4) is 5.75 Å². The van der Waals surface area contributed by atoms with E-state index in [1.54, 1.807) is 16.8 Å². The van der Waals surface area contributed by atoms with Crippen LogP contribution in [0.3, 0.4) is 0 Å². The Bertz CT molecular complexity index is 1080. The van der Waals surface area contributed by atoms with Gasteiger partial charge in [-0.25, -0.2) is 4.98 Å². The summed E-state index contributed by atoms with van der Waals surface area (Å²) in [6.07, 6.45) is 6.20. The van der Waals surface area contributed by atoms with Crippen LogP contribution in [0.5, 0.6) is 5.75 Å². The van der Waals surface area contributed by atoms with E-state index in [2.05, 4.69) is 27.3 Å². The number of nitrogens with zero attached hydrogens (tertiary/aromatic N) is 4. The fourth-order valence-electron chi connectivity index (χ4n) is 2.93. The summed E-state index contributed by atoms with van der Waals surface area (Å²) in [5.41, 5.74) is 3.94. The Morgan fingerprint density at radius 1 is 1.07 bits per heavy atom. The molecule has 7 heteroatoms. The van der Waals surface area contributed by atoms with Gasteiger partial charge >= 0.3 is 0 Å². The number of anilines is 1. The van der Waals surface area contributed by atoms with Crippen molar-refractivity contribution in [2.45, 2.75) is 26.5 Å². The van der Waals surface area contributed by atoms with E-state index in [4.69, 9.17) is 16.3 Å². The van der Waals surface area contributed by atoms with Crippen LogP contribution in [0.4, 0.5) is 5.82 Å². The molecule has 0 saturated heterocycles. The average Bonchev–Trinajstić information content (AvgIpc) is 3.14. The van der Waals surface area contributed by atoms with Crippen LogP contribution >= 0.6 is 11.6 Å². The Hall–Kier alpha value is -3.12. The van der Waals surface area contributed by atoms with Crippen LogP contribution in [-0.4, -0.2) is 19.6 Å². The number of halogens is 1. The predicted molar refractivity (Wildman–Crippen MR) is 110 cm³/mol. The van der Waals surface area contributed by atoms with E-state index >= 15 is 0 Å². The number of pyridine rings is 1. The molecule has 0 aliphatic heterocycles. The maximum Gasteiger partial charge on any atom is 0.162 e. The van der Waals surface area contributed by atoms with Crippen LogP contribution in [-0.2, 0) is 19.6 Å². The monoisotopic (exact) mass is 393 g/mol. The Kier molecular flexibility index (Phi) is 5.39. The van der Waals surface area contributed by atoms with Crippen molar-refractivity contribution < 1.29 is 4.74 Å². The van der Waals surface area contributed by atoms with E-state index in [9.17, 15) is 0 Å². The molecule has 4 aromatic rings. The van der Waals surface area contributed by atoms with Crippen LogP contribution in [0, 0.1) is 0 Å². The van der Waals surface area contributed by atoms with Gasteiger partial charge in [0, 0.05) is 24.4 Å². The summed E-state index contributed by atoms with van der Waals surface area (Å²) in [6.45, 7) is 3.14. The number of fused-ring (bicyclic) bond motifs is 1. The molecule has 0 radical (unpaired) electrons. The predicted octanol–water partition coefficient (Wildman–Crippen LogP) is 4.53. The second kappa shape index (κ2) is 8.27. The minimum Gasteiger partial charge on any atom is -0.487 e. The normalized spacial score (nSPS) is 10.9. The number of benzene rings is 1. The van der Waals surface area contributed by atoms with E-state index in [0.29, 0.717) is 18.3 Å². The third-order valence-corrected chi connectivity index (χ3v) is 4.58. The quantitative estimate of drug-likeness (QED) is 0.467. The van der Waals surface area contributed by atoms with Gasteiger partial charge in [-0.05, 0) is 23.6 Å². The molecule has 0 unspecified atom stereocenters. The second-order valence-corrected chi connectivity index (χ2v) is 6.77. The minimum atomic E-state index is 0.434. The molecule has 0 spiro atoms. The molecule has 0 atom stereocenters. The number of rotatable bonds is 7. The highest BCUT2D eigenvalue weighted by atomic mass is 35.5. The first-order chi connectivity index (χ1) is 13.7. The maximum atomic E-state index is 6.19. The van der Waals surface area contributed by atoms with E-state index in [1.807, 2.05) is 48.8 Å². The average molecular weight is 394 g/mol. The molecule has 28 heavy (non-hydrogen) atoms. The Balaban J connectivity index is 1.47. The zero-order valence-electron chi connectivity index (χ0n) is 15.5. The fraction of sp³-hybridized carbons (Fsp3) is 0.190. The van der Waals surface area contributed by atoms with Crippen LogP contribution in [0.15, 0.2) is 61.1 Å². The number of hydrogen-bond acceptors (Lipinski definition) is 5. The lowest BCUT2D eigenvalue weighted by molar-refractivity contribution is 0.304. The number of ether oxygens (including phenoxy) is 1. The molecule has 3 heterocycles. The summed E-state index contributed by atoms with van der Waals surface area (Å²) >= 11 is 6.19. The van der Waals surface area contributed by atoms with Crippen molar-refractivity contribution in [2.75, 3.05) is 5.32 Å². The molecular weight excluding hydrogens is 374 g/mol. The summed E-state index contributed by atoms with van der Waals surface area (Å²) in [7, 11) is 0. The Morgan fingerprint density at radius 2 is 1.93 bits per heavy atom. The summed E-state index contributed by atoms with van der Waals surface area (Å²) < 4.78 is 7.62. The highest BCUT2D eigenvalue weighted by Crippen LogP contribution is 2.20. The molecule has 6 nitrogen and oxygen atoms in total. The second-order valence-electron chi connectivity index (χ2n) is 6.38. The van der Waals surface area contributed by atoms with Gasteiger partial charge in [-0.15, -0.1) is 0 Å². The lowest BCUT2D eigenvalue weighted by Crippen LogP contribution is -2.07. The van der Waals surface area contributed by atoms with Crippen molar-refractivity contribution in [3.63, 3.8) is 0 Å². The van der Waals surface area contributed by atoms with Crippen LogP contribution < -0.4 is 10.1 Å². The molecule has 0 aliphatic rings. The molecule has 4 rings (SSSR count). The zero-order valence-corrected chi connectivity index (χ0v) is 16.2. The van der Waals surface area contributed by atoms with Gasteiger partial charge in [0.25, 0.3) is 0 Å². The van der Waals surface area contributed by atoms with E-state index < -0.39 is 0 Å². The van der Waals surface area contributed by atoms with E-state index in [1.165, 1.54) is 0 Å². The Labute approximate surface area is 168 Å². The first-order valence-electron chi connectivity index (χ1n) is 9.10. The van der Waals surface area contributed by atoms with Gasteiger partial charge in [0.15, 0.2) is 5.65 Å². The van der Waals surface area contributed by atoms with Gasteiger partial charge < -0.3 is 10.1 Å². The molecule has 3 aromatic heterocycles. The molecule has 0 amide bonds. The molecular formula is C21H20ClN5O. The first kappa shape index (κ1) is 18.3. The van der Waals surface area contributed by atoms with Crippen LogP contribution in [0.25, 0.3) is 5.65 Å². The minimum absolute atomic E-state index is 0.434. The number of aromatic nitrogens is 4. The van der Waals surface area contributed by atoms with Gasteiger partial charge in [0.2, 0.25) is 0 Å². The summed E-state index contributed by atoms with van der Waals surface area (Å²) in [4.78, 5) is 8.66. The van der Waals surface area contributed by atoms with Crippen molar-refractivity contribution in [1.29, 1.82) is 0 Å². The summed E-state index contributed by atoms with van der Waals surface area (Å²) in [5, 5.41) is 8.21. The van der Waals surface area contributed by atoms with E-state index in [0.717, 1.165) is 40.3 Å². The third-order valence-electron chi connectivity index (χ3n) is 4.39. The first-order valence-corrected chi connectivity index (χ1v) is 9.48. The number of hydrogen-bond donors (Lipinski definition) is 1. The van der Waals surface area contributed by atoms with Crippen LogP contribution in [0.2, 0.25) is 5.15 Å².